The summed E-state index contributed by atoms with van der Waals surface area (Å²) < 4.78 is 88.9. The second-order valence-electron chi connectivity index (χ2n) is 6.79. The van der Waals surface area contributed by atoms with E-state index in [1.54, 1.807) is 0 Å². The normalized spacial score (nSPS) is 19.6. The van der Waals surface area contributed by atoms with Gasteiger partial charge in [-0.1, -0.05) is 17.3 Å². The van der Waals surface area contributed by atoms with Gasteiger partial charge >= 0.3 is 6.18 Å². The van der Waals surface area contributed by atoms with Gasteiger partial charge in [0.15, 0.2) is 5.41 Å². The zero-order valence-corrected chi connectivity index (χ0v) is 15.5. The van der Waals surface area contributed by atoms with Gasteiger partial charge in [0.1, 0.15) is 12.4 Å². The first-order chi connectivity index (χ1) is 14.1. The lowest BCUT2D eigenvalue weighted by molar-refractivity contribution is -0.193. The fourth-order valence-corrected chi connectivity index (χ4v) is 3.20. The van der Waals surface area contributed by atoms with Gasteiger partial charge in [0.25, 0.3) is 6.43 Å². The molecule has 1 fully saturated rings. The molecule has 2 aromatic rings. The molecule has 0 N–H and O–H groups in total. The number of aromatic nitrogens is 2. The first-order valence-corrected chi connectivity index (χ1v) is 8.93. The number of amides is 1. The molecule has 1 aliphatic heterocycles. The molecule has 0 aliphatic carbocycles. The van der Waals surface area contributed by atoms with Crippen LogP contribution in [-0.2, 0) is 14.9 Å². The second-order valence-corrected chi connectivity index (χ2v) is 6.79. The van der Waals surface area contributed by atoms with Crippen LogP contribution in [0.4, 0.5) is 26.3 Å². The third kappa shape index (κ3) is 4.58. The summed E-state index contributed by atoms with van der Waals surface area (Å²) >= 11 is 0. The molecule has 1 aliphatic rings. The number of ether oxygens (including phenoxy) is 1. The maximum atomic E-state index is 14.0. The Balaban J connectivity index is 1.76. The Morgan fingerprint density at radius 3 is 2.77 bits per heavy atom. The molecule has 12 heteroatoms. The number of hydrogen-bond acceptors (Lipinski definition) is 5. The monoisotopic (exact) mass is 437 g/mol. The topological polar surface area (TPSA) is 68.5 Å². The zero-order chi connectivity index (χ0) is 21.9. The van der Waals surface area contributed by atoms with Crippen molar-refractivity contribution in [2.75, 3.05) is 26.3 Å². The van der Waals surface area contributed by atoms with Crippen molar-refractivity contribution in [2.24, 2.45) is 0 Å². The van der Waals surface area contributed by atoms with Crippen LogP contribution < -0.4 is 0 Å². The van der Waals surface area contributed by atoms with Crippen LogP contribution in [0.15, 0.2) is 28.8 Å². The summed E-state index contributed by atoms with van der Waals surface area (Å²) in [5.74, 6) is -2.21. The van der Waals surface area contributed by atoms with E-state index in [0.717, 1.165) is 17.0 Å². The van der Waals surface area contributed by atoms with Crippen LogP contribution >= 0.6 is 0 Å². The fourth-order valence-electron chi connectivity index (χ4n) is 3.20. The molecule has 0 saturated carbocycles. The van der Waals surface area contributed by atoms with Gasteiger partial charge < -0.3 is 14.2 Å². The van der Waals surface area contributed by atoms with Crippen molar-refractivity contribution in [3.63, 3.8) is 0 Å². The average molecular weight is 437 g/mol. The van der Waals surface area contributed by atoms with E-state index < -0.39 is 55.2 Å². The maximum Gasteiger partial charge on any atom is 0.405 e. The lowest BCUT2D eigenvalue weighted by Gasteiger charge is -2.28. The van der Waals surface area contributed by atoms with E-state index >= 15 is 0 Å². The van der Waals surface area contributed by atoms with Crippen LogP contribution in [0.25, 0.3) is 11.4 Å². The molecule has 0 bridgehead atoms. The molecule has 1 aromatic carbocycles. The van der Waals surface area contributed by atoms with Crippen molar-refractivity contribution in [3.05, 3.63) is 36.0 Å². The average Bonchev–Trinajstić information content (AvgIpc) is 3.32. The molecule has 1 atom stereocenters. The van der Waals surface area contributed by atoms with E-state index in [-0.39, 0.29) is 31.0 Å². The van der Waals surface area contributed by atoms with Crippen LogP contribution in [0.2, 0.25) is 0 Å². The Morgan fingerprint density at radius 2 is 2.10 bits per heavy atom. The molecule has 0 radical (unpaired) electrons. The predicted molar refractivity (Wildman–Crippen MR) is 90.1 cm³/mol. The highest BCUT2D eigenvalue weighted by Crippen LogP contribution is 2.47. The van der Waals surface area contributed by atoms with Crippen molar-refractivity contribution in [3.8, 4) is 11.4 Å². The second kappa shape index (κ2) is 8.62. The van der Waals surface area contributed by atoms with E-state index in [9.17, 15) is 31.1 Å². The van der Waals surface area contributed by atoms with E-state index in [2.05, 4.69) is 14.9 Å². The number of hydrogen-bond donors (Lipinski definition) is 0. The minimum atomic E-state index is -4.81. The molecule has 1 saturated heterocycles. The van der Waals surface area contributed by atoms with Gasteiger partial charge in [-0.05, 0) is 18.6 Å². The Morgan fingerprint density at radius 1 is 1.33 bits per heavy atom. The molecule has 30 heavy (non-hydrogen) atoms. The van der Waals surface area contributed by atoms with Gasteiger partial charge in [0, 0.05) is 18.7 Å². The molecule has 0 spiro atoms. The van der Waals surface area contributed by atoms with Gasteiger partial charge in [-0.15, -0.1) is 0 Å². The Labute approximate surface area is 166 Å². The van der Waals surface area contributed by atoms with Crippen LogP contribution in [0.1, 0.15) is 18.7 Å². The van der Waals surface area contributed by atoms with Crippen molar-refractivity contribution >= 4 is 5.91 Å². The van der Waals surface area contributed by atoms with Crippen molar-refractivity contribution in [1.82, 2.24) is 15.0 Å². The first kappa shape index (κ1) is 22.1. The third-order valence-electron chi connectivity index (χ3n) is 4.79. The van der Waals surface area contributed by atoms with Crippen molar-refractivity contribution < 1.29 is 40.4 Å². The Kier molecular flexibility index (Phi) is 6.34. The van der Waals surface area contributed by atoms with Crippen LogP contribution in [0.5, 0.6) is 0 Å². The van der Waals surface area contributed by atoms with Gasteiger partial charge in [-0.3, -0.25) is 4.79 Å². The van der Waals surface area contributed by atoms with Gasteiger partial charge in [0.2, 0.25) is 17.6 Å². The molecule has 3 rings (SSSR count). The van der Waals surface area contributed by atoms with E-state index in [1.165, 1.54) is 12.1 Å². The minimum absolute atomic E-state index is 0.143. The number of carbonyl (C=O) groups is 1. The molecule has 6 nitrogen and oxygen atoms in total. The van der Waals surface area contributed by atoms with E-state index in [4.69, 9.17) is 4.52 Å². The summed E-state index contributed by atoms with van der Waals surface area (Å²) in [5, 5.41) is 3.53. The van der Waals surface area contributed by atoms with E-state index in [0.29, 0.717) is 0 Å². The summed E-state index contributed by atoms with van der Waals surface area (Å²) in [5.41, 5.74) is -2.44. The minimum Gasteiger partial charge on any atom is -0.375 e. The number of likely N-dealkylation sites (tertiary alicyclic amines) is 1. The quantitative estimate of drug-likeness (QED) is 0.489. The lowest BCUT2D eigenvalue weighted by atomic mass is 9.86. The maximum absolute atomic E-state index is 14.0. The standard InChI is InChI=1S/C18H17F6N3O3/c19-12-3-1-2-11(8-12)15-25-16(30-26-15)17(18(22,23)24)5-6-27(10-17)14(28)4-7-29-9-13(20)21/h1-3,8,13H,4-7,9-10H2. The highest BCUT2D eigenvalue weighted by molar-refractivity contribution is 5.76. The summed E-state index contributed by atoms with van der Waals surface area (Å²) in [6.07, 6.45) is -8.35. The molecule has 1 aromatic heterocycles. The van der Waals surface area contributed by atoms with Crippen LogP contribution in [0, 0.1) is 5.82 Å². The Hall–Kier alpha value is -2.63. The third-order valence-corrected chi connectivity index (χ3v) is 4.79. The summed E-state index contributed by atoms with van der Waals surface area (Å²) in [6, 6.07) is 4.99. The van der Waals surface area contributed by atoms with Crippen LogP contribution in [0.3, 0.4) is 0 Å². The number of alkyl halides is 5. The number of halogens is 6. The van der Waals surface area contributed by atoms with Crippen molar-refractivity contribution in [1.29, 1.82) is 0 Å². The smallest absolute Gasteiger partial charge is 0.375 e. The lowest BCUT2D eigenvalue weighted by Crippen LogP contribution is -2.46. The molecular weight excluding hydrogens is 420 g/mol. The van der Waals surface area contributed by atoms with Gasteiger partial charge in [-0.25, -0.2) is 13.2 Å². The number of benzene rings is 1. The Bertz CT molecular complexity index is 888. The zero-order valence-electron chi connectivity index (χ0n) is 15.5. The number of rotatable bonds is 7. The molecule has 1 unspecified atom stereocenters. The predicted octanol–water partition coefficient (Wildman–Crippen LogP) is 3.58. The highest BCUT2D eigenvalue weighted by atomic mass is 19.4. The first-order valence-electron chi connectivity index (χ1n) is 8.93. The highest BCUT2D eigenvalue weighted by Gasteiger charge is 2.63. The fraction of sp³-hybridized carbons (Fsp3) is 0.500. The molecule has 164 valence electrons. The van der Waals surface area contributed by atoms with Gasteiger partial charge in [-0.2, -0.15) is 18.2 Å². The van der Waals surface area contributed by atoms with E-state index in [1.807, 2.05) is 0 Å². The number of carbonyl (C=O) groups excluding carboxylic acids is 1. The largest absolute Gasteiger partial charge is 0.405 e. The van der Waals surface area contributed by atoms with Crippen LogP contribution in [-0.4, -0.2) is 59.9 Å². The molecular formula is C18H17F6N3O3. The van der Waals surface area contributed by atoms with Gasteiger partial charge in [0.05, 0.1) is 13.0 Å². The molecule has 2 heterocycles. The summed E-state index contributed by atoms with van der Waals surface area (Å²) in [6.45, 7) is -2.17. The van der Waals surface area contributed by atoms with Crippen molar-refractivity contribution in [2.45, 2.75) is 30.9 Å². The SMILES string of the molecule is O=C(CCOCC(F)F)N1CCC(c2nc(-c3cccc(F)c3)no2)(C(F)(F)F)C1. The summed E-state index contributed by atoms with van der Waals surface area (Å²) in [4.78, 5) is 17.0. The number of nitrogens with zero attached hydrogens (tertiary/aromatic N) is 3. The molecule has 1 amide bonds. The summed E-state index contributed by atoms with van der Waals surface area (Å²) in [7, 11) is 0.